The molecule has 0 amide bonds. The topological polar surface area (TPSA) is 21.3 Å². The third-order valence-electron chi connectivity index (χ3n) is 5.30. The maximum atomic E-state index is 5.79. The monoisotopic (exact) mass is 267 g/mol. The lowest BCUT2D eigenvalue weighted by atomic mass is 9.73. The van der Waals surface area contributed by atoms with Gasteiger partial charge < -0.3 is 10.1 Å². The molecular weight excluding hydrogens is 234 g/mol. The summed E-state index contributed by atoms with van der Waals surface area (Å²) in [6.45, 7) is 6.75. The first-order chi connectivity index (χ1) is 9.35. The van der Waals surface area contributed by atoms with Gasteiger partial charge in [0, 0.05) is 12.6 Å². The molecule has 1 aliphatic heterocycles. The van der Waals surface area contributed by atoms with Crippen LogP contribution in [0.3, 0.4) is 0 Å². The summed E-state index contributed by atoms with van der Waals surface area (Å²) in [6, 6.07) is 0.736. The fourth-order valence-electron chi connectivity index (χ4n) is 4.24. The predicted molar refractivity (Wildman–Crippen MR) is 81.4 cm³/mol. The average Bonchev–Trinajstić information content (AvgIpc) is 2.96. The van der Waals surface area contributed by atoms with Crippen LogP contribution < -0.4 is 5.32 Å². The molecule has 112 valence electrons. The van der Waals surface area contributed by atoms with Gasteiger partial charge in [-0.2, -0.15) is 0 Å². The highest BCUT2D eigenvalue weighted by Crippen LogP contribution is 2.36. The Morgan fingerprint density at radius 2 is 1.95 bits per heavy atom. The van der Waals surface area contributed by atoms with Gasteiger partial charge in [0.05, 0.1) is 6.10 Å². The number of nitrogens with one attached hydrogen (secondary N) is 1. The molecule has 0 aromatic heterocycles. The second kappa shape index (κ2) is 8.26. The fourth-order valence-corrected chi connectivity index (χ4v) is 4.24. The molecule has 1 saturated carbocycles. The van der Waals surface area contributed by atoms with Crippen molar-refractivity contribution in [2.45, 2.75) is 83.8 Å². The van der Waals surface area contributed by atoms with Crippen LogP contribution >= 0.6 is 0 Å². The first kappa shape index (κ1) is 15.3. The molecule has 1 saturated heterocycles. The van der Waals surface area contributed by atoms with Gasteiger partial charge in [-0.1, -0.05) is 39.5 Å². The molecule has 2 rings (SSSR count). The van der Waals surface area contributed by atoms with Crippen molar-refractivity contribution < 1.29 is 4.74 Å². The zero-order valence-corrected chi connectivity index (χ0v) is 13.0. The summed E-state index contributed by atoms with van der Waals surface area (Å²) < 4.78 is 5.79. The zero-order chi connectivity index (χ0) is 13.5. The summed E-state index contributed by atoms with van der Waals surface area (Å²) in [4.78, 5) is 0. The maximum Gasteiger partial charge on any atom is 0.0576 e. The minimum absolute atomic E-state index is 0.560. The molecule has 0 bridgehead atoms. The second-order valence-electron chi connectivity index (χ2n) is 6.49. The molecule has 0 aromatic carbocycles. The summed E-state index contributed by atoms with van der Waals surface area (Å²) in [5, 5.41) is 3.79. The van der Waals surface area contributed by atoms with Gasteiger partial charge in [0.2, 0.25) is 0 Å². The van der Waals surface area contributed by atoms with E-state index in [1.165, 1.54) is 57.8 Å². The van der Waals surface area contributed by atoms with E-state index >= 15 is 0 Å². The SMILES string of the molecule is CCNC(CCC1CCCO1)C1CCCCC1CC. The van der Waals surface area contributed by atoms with Crippen molar-refractivity contribution in [1.82, 2.24) is 5.32 Å². The maximum absolute atomic E-state index is 5.79. The number of ether oxygens (including phenoxy) is 1. The third kappa shape index (κ3) is 4.46. The van der Waals surface area contributed by atoms with Gasteiger partial charge in [-0.25, -0.2) is 0 Å². The van der Waals surface area contributed by atoms with Crippen LogP contribution in [0, 0.1) is 11.8 Å². The minimum Gasteiger partial charge on any atom is -0.378 e. The van der Waals surface area contributed by atoms with Gasteiger partial charge >= 0.3 is 0 Å². The van der Waals surface area contributed by atoms with Crippen LogP contribution in [-0.4, -0.2) is 25.3 Å². The van der Waals surface area contributed by atoms with Gasteiger partial charge in [-0.05, 0) is 50.5 Å². The average molecular weight is 267 g/mol. The van der Waals surface area contributed by atoms with E-state index in [0.29, 0.717) is 6.10 Å². The lowest BCUT2D eigenvalue weighted by Gasteiger charge is -2.37. The van der Waals surface area contributed by atoms with Crippen molar-refractivity contribution in [3.8, 4) is 0 Å². The molecule has 1 aliphatic carbocycles. The second-order valence-corrected chi connectivity index (χ2v) is 6.49. The lowest BCUT2D eigenvalue weighted by molar-refractivity contribution is 0.0905. The highest BCUT2D eigenvalue weighted by molar-refractivity contribution is 4.85. The highest BCUT2D eigenvalue weighted by Gasteiger charge is 2.30. The van der Waals surface area contributed by atoms with Gasteiger partial charge in [0.1, 0.15) is 0 Å². The van der Waals surface area contributed by atoms with Gasteiger partial charge in [0.15, 0.2) is 0 Å². The quantitative estimate of drug-likeness (QED) is 0.748. The van der Waals surface area contributed by atoms with Crippen LogP contribution in [0.2, 0.25) is 0 Å². The minimum atomic E-state index is 0.560. The molecule has 4 atom stereocenters. The number of rotatable bonds is 7. The van der Waals surface area contributed by atoms with Crippen molar-refractivity contribution in [2.24, 2.45) is 11.8 Å². The number of hydrogen-bond donors (Lipinski definition) is 1. The zero-order valence-electron chi connectivity index (χ0n) is 13.0. The first-order valence-electron chi connectivity index (χ1n) is 8.70. The predicted octanol–water partition coefficient (Wildman–Crippen LogP) is 4.14. The van der Waals surface area contributed by atoms with Crippen LogP contribution in [0.1, 0.15) is 71.6 Å². The van der Waals surface area contributed by atoms with Crippen LogP contribution in [0.15, 0.2) is 0 Å². The molecule has 4 unspecified atom stereocenters. The highest BCUT2D eigenvalue weighted by atomic mass is 16.5. The van der Waals surface area contributed by atoms with E-state index in [9.17, 15) is 0 Å². The van der Waals surface area contributed by atoms with E-state index in [0.717, 1.165) is 31.0 Å². The van der Waals surface area contributed by atoms with Crippen molar-refractivity contribution in [1.29, 1.82) is 0 Å². The van der Waals surface area contributed by atoms with E-state index in [1.54, 1.807) is 0 Å². The summed E-state index contributed by atoms with van der Waals surface area (Å²) >= 11 is 0. The van der Waals surface area contributed by atoms with Crippen LogP contribution in [-0.2, 0) is 4.74 Å². The Labute approximate surface area is 119 Å². The summed E-state index contributed by atoms with van der Waals surface area (Å²) in [7, 11) is 0. The van der Waals surface area contributed by atoms with Crippen LogP contribution in [0.25, 0.3) is 0 Å². The van der Waals surface area contributed by atoms with Gasteiger partial charge in [0.25, 0.3) is 0 Å². The Hall–Kier alpha value is -0.0800. The van der Waals surface area contributed by atoms with Crippen molar-refractivity contribution in [3.05, 3.63) is 0 Å². The molecule has 19 heavy (non-hydrogen) atoms. The fraction of sp³-hybridized carbons (Fsp3) is 1.00. The Kier molecular flexibility index (Phi) is 6.66. The first-order valence-corrected chi connectivity index (χ1v) is 8.70. The van der Waals surface area contributed by atoms with E-state index in [-0.39, 0.29) is 0 Å². The molecule has 2 aliphatic rings. The van der Waals surface area contributed by atoms with Gasteiger partial charge in [-0.15, -0.1) is 0 Å². The number of hydrogen-bond acceptors (Lipinski definition) is 2. The Morgan fingerprint density at radius 3 is 2.63 bits per heavy atom. The normalized spacial score (nSPS) is 33.5. The Balaban J connectivity index is 1.85. The molecule has 0 aromatic rings. The van der Waals surface area contributed by atoms with Crippen LogP contribution in [0.5, 0.6) is 0 Å². The molecule has 0 spiro atoms. The summed E-state index contributed by atoms with van der Waals surface area (Å²) in [6.07, 6.45) is 12.9. The molecule has 2 fully saturated rings. The summed E-state index contributed by atoms with van der Waals surface area (Å²) in [5.41, 5.74) is 0. The largest absolute Gasteiger partial charge is 0.378 e. The van der Waals surface area contributed by atoms with Crippen LogP contribution in [0.4, 0.5) is 0 Å². The van der Waals surface area contributed by atoms with Gasteiger partial charge in [-0.3, -0.25) is 0 Å². The van der Waals surface area contributed by atoms with Crippen molar-refractivity contribution in [3.63, 3.8) is 0 Å². The third-order valence-corrected chi connectivity index (χ3v) is 5.30. The molecule has 2 heteroatoms. The lowest BCUT2D eigenvalue weighted by Crippen LogP contribution is -2.41. The standard InChI is InChI=1S/C17H33NO/c1-3-14-8-5-6-10-16(14)17(18-4-2)12-11-15-9-7-13-19-15/h14-18H,3-13H2,1-2H3. The molecule has 1 N–H and O–H groups in total. The molecule has 1 heterocycles. The molecular formula is C17H33NO. The molecule has 0 radical (unpaired) electrons. The Morgan fingerprint density at radius 1 is 1.11 bits per heavy atom. The molecule has 2 nitrogen and oxygen atoms in total. The summed E-state index contributed by atoms with van der Waals surface area (Å²) in [5.74, 6) is 1.88. The van der Waals surface area contributed by atoms with E-state index in [4.69, 9.17) is 4.74 Å². The Bertz CT molecular complexity index is 237. The van der Waals surface area contributed by atoms with E-state index in [2.05, 4.69) is 19.2 Å². The van der Waals surface area contributed by atoms with Crippen molar-refractivity contribution >= 4 is 0 Å². The van der Waals surface area contributed by atoms with Crippen molar-refractivity contribution in [2.75, 3.05) is 13.2 Å². The van der Waals surface area contributed by atoms with E-state index < -0.39 is 0 Å². The smallest absolute Gasteiger partial charge is 0.0576 e. The van der Waals surface area contributed by atoms with E-state index in [1.807, 2.05) is 0 Å².